The van der Waals surface area contributed by atoms with Gasteiger partial charge >= 0.3 is 0 Å². The molecule has 3 rings (SSSR count). The molecule has 0 radical (unpaired) electrons. The highest BCUT2D eigenvalue weighted by atomic mass is 32.2. The van der Waals surface area contributed by atoms with E-state index >= 15 is 0 Å². The lowest BCUT2D eigenvalue weighted by molar-refractivity contribution is -0.134. The number of likely N-dealkylation sites (tertiary alicyclic amines) is 1. The Morgan fingerprint density at radius 3 is 2.50 bits per heavy atom. The molecule has 1 amide bonds. The maximum absolute atomic E-state index is 13.6. The first-order valence-electron chi connectivity index (χ1n) is 8.45. The largest absolute Gasteiger partial charge is 0.468 e. The van der Waals surface area contributed by atoms with Crippen molar-refractivity contribution in [3.8, 4) is 0 Å². The quantitative estimate of drug-likeness (QED) is 0.666. The zero-order valence-corrected chi connectivity index (χ0v) is 16.4. The average Bonchev–Trinajstić information content (AvgIpc) is 3.05. The summed E-state index contributed by atoms with van der Waals surface area (Å²) in [4.78, 5) is 13.0. The summed E-state index contributed by atoms with van der Waals surface area (Å²) in [6.07, 6.45) is 1.24. The molecule has 0 atom stereocenters. The van der Waals surface area contributed by atoms with E-state index in [2.05, 4.69) is 4.72 Å². The van der Waals surface area contributed by atoms with E-state index < -0.39 is 35.8 Å². The number of carbonyl (C=O) groups is 1. The molecule has 1 aliphatic heterocycles. The third-order valence-electron chi connectivity index (χ3n) is 4.39. The molecule has 1 N–H and O–H groups in total. The van der Waals surface area contributed by atoms with Crippen LogP contribution >= 0.6 is 0 Å². The standard InChI is InChI=1S/C17H19FN2O6S2/c18-15-5-1-2-6-16(15)28(24,25)19-8-7-17(21)20-10-14(11-20)27(22,23)12-13-4-3-9-26-13/h1-6,9,14,19H,7-8,10-12H2. The Morgan fingerprint density at radius 2 is 1.86 bits per heavy atom. The second-order valence-electron chi connectivity index (χ2n) is 6.39. The molecule has 1 fully saturated rings. The summed E-state index contributed by atoms with van der Waals surface area (Å²) in [5, 5.41) is -0.670. The van der Waals surface area contributed by atoms with Gasteiger partial charge in [-0.15, -0.1) is 0 Å². The van der Waals surface area contributed by atoms with Gasteiger partial charge in [-0.1, -0.05) is 12.1 Å². The fourth-order valence-corrected chi connectivity index (χ4v) is 5.49. The molecule has 11 heteroatoms. The molecule has 0 spiro atoms. The molecule has 0 aliphatic carbocycles. The van der Waals surface area contributed by atoms with Crippen molar-refractivity contribution in [3.05, 3.63) is 54.2 Å². The summed E-state index contributed by atoms with van der Waals surface area (Å²) in [7, 11) is -7.50. The first-order chi connectivity index (χ1) is 13.2. The van der Waals surface area contributed by atoms with Gasteiger partial charge in [-0.25, -0.2) is 25.9 Å². The molecule has 0 saturated carbocycles. The van der Waals surface area contributed by atoms with Crippen molar-refractivity contribution < 1.29 is 30.4 Å². The minimum Gasteiger partial charge on any atom is -0.468 e. The Bertz CT molecular complexity index is 1050. The Labute approximate surface area is 162 Å². The predicted octanol–water partition coefficient (Wildman–Crippen LogP) is 0.913. The van der Waals surface area contributed by atoms with Crippen molar-refractivity contribution in [1.29, 1.82) is 0 Å². The molecule has 2 heterocycles. The van der Waals surface area contributed by atoms with E-state index in [1.165, 1.54) is 23.3 Å². The van der Waals surface area contributed by atoms with Crippen molar-refractivity contribution in [2.24, 2.45) is 0 Å². The Kier molecular flexibility index (Phi) is 5.87. The monoisotopic (exact) mass is 430 g/mol. The zero-order chi connectivity index (χ0) is 20.4. The van der Waals surface area contributed by atoms with Gasteiger partial charge in [-0.05, 0) is 24.3 Å². The lowest BCUT2D eigenvalue weighted by Gasteiger charge is -2.38. The van der Waals surface area contributed by atoms with Gasteiger partial charge in [0.05, 0.1) is 11.5 Å². The van der Waals surface area contributed by atoms with Crippen molar-refractivity contribution in [2.75, 3.05) is 19.6 Å². The molecule has 1 aliphatic rings. The topological polar surface area (TPSA) is 114 Å². The van der Waals surface area contributed by atoms with Crippen LogP contribution in [0.5, 0.6) is 0 Å². The van der Waals surface area contributed by atoms with Crippen LogP contribution in [-0.2, 0) is 30.4 Å². The zero-order valence-electron chi connectivity index (χ0n) is 14.7. The Balaban J connectivity index is 1.46. The highest BCUT2D eigenvalue weighted by Crippen LogP contribution is 2.21. The van der Waals surface area contributed by atoms with Gasteiger partial charge in [0.2, 0.25) is 15.9 Å². The second kappa shape index (κ2) is 8.02. The third kappa shape index (κ3) is 4.59. The van der Waals surface area contributed by atoms with E-state index in [0.717, 1.165) is 12.1 Å². The fraction of sp³-hybridized carbons (Fsp3) is 0.353. The summed E-state index contributed by atoms with van der Waals surface area (Å²) in [5.41, 5.74) is 0. The summed E-state index contributed by atoms with van der Waals surface area (Å²) in [6.45, 7) is -0.0975. The number of nitrogens with zero attached hydrogens (tertiary/aromatic N) is 1. The smallest absolute Gasteiger partial charge is 0.243 e. The van der Waals surface area contributed by atoms with Gasteiger partial charge in [0, 0.05) is 26.1 Å². The number of amides is 1. The van der Waals surface area contributed by atoms with E-state index in [1.54, 1.807) is 12.1 Å². The average molecular weight is 430 g/mol. The highest BCUT2D eigenvalue weighted by Gasteiger charge is 2.39. The van der Waals surface area contributed by atoms with Crippen LogP contribution in [0.2, 0.25) is 0 Å². The third-order valence-corrected chi connectivity index (χ3v) is 7.88. The molecule has 0 bridgehead atoms. The number of halogens is 1. The van der Waals surface area contributed by atoms with Crippen LogP contribution in [0.15, 0.2) is 52.0 Å². The SMILES string of the molecule is O=C(CCNS(=O)(=O)c1ccccc1F)N1CC(S(=O)(=O)Cc2ccco2)C1. The van der Waals surface area contributed by atoms with Crippen LogP contribution in [0.1, 0.15) is 12.2 Å². The first-order valence-corrected chi connectivity index (χ1v) is 11.6. The minimum absolute atomic E-state index is 0.0575. The number of carbonyl (C=O) groups excluding carboxylic acids is 1. The summed E-state index contributed by atoms with van der Waals surface area (Å²) >= 11 is 0. The van der Waals surface area contributed by atoms with E-state index in [4.69, 9.17) is 4.42 Å². The van der Waals surface area contributed by atoms with Gasteiger partial charge in [-0.3, -0.25) is 4.79 Å². The van der Waals surface area contributed by atoms with Gasteiger partial charge in [-0.2, -0.15) is 0 Å². The summed E-state index contributed by atoms with van der Waals surface area (Å²) in [5.74, 6) is -1.14. The molecule has 152 valence electrons. The van der Waals surface area contributed by atoms with Gasteiger partial charge in [0.25, 0.3) is 0 Å². The van der Waals surface area contributed by atoms with Crippen LogP contribution in [-0.4, -0.2) is 52.5 Å². The number of hydrogen-bond acceptors (Lipinski definition) is 6. The van der Waals surface area contributed by atoms with Crippen LogP contribution < -0.4 is 4.72 Å². The molecule has 8 nitrogen and oxygen atoms in total. The molecule has 1 aromatic heterocycles. The maximum Gasteiger partial charge on any atom is 0.243 e. The maximum atomic E-state index is 13.6. The Hall–Kier alpha value is -2.24. The number of hydrogen-bond donors (Lipinski definition) is 1. The molecule has 28 heavy (non-hydrogen) atoms. The number of rotatable bonds is 8. The lowest BCUT2D eigenvalue weighted by Crippen LogP contribution is -2.57. The summed E-state index contributed by atoms with van der Waals surface area (Å²) in [6, 6.07) is 8.10. The highest BCUT2D eigenvalue weighted by molar-refractivity contribution is 7.91. The molecule has 0 unspecified atom stereocenters. The molecular formula is C17H19FN2O6S2. The second-order valence-corrected chi connectivity index (χ2v) is 10.4. The van der Waals surface area contributed by atoms with E-state index in [0.29, 0.717) is 5.76 Å². The number of furan rings is 1. The Morgan fingerprint density at radius 1 is 1.14 bits per heavy atom. The molecular weight excluding hydrogens is 411 g/mol. The van der Waals surface area contributed by atoms with Gasteiger partial charge < -0.3 is 9.32 Å². The minimum atomic E-state index is -4.07. The number of sulfonamides is 1. The fourth-order valence-electron chi connectivity index (χ4n) is 2.77. The van der Waals surface area contributed by atoms with Crippen molar-refractivity contribution in [3.63, 3.8) is 0 Å². The van der Waals surface area contributed by atoms with Crippen LogP contribution in [0.25, 0.3) is 0 Å². The van der Waals surface area contributed by atoms with Crippen molar-refractivity contribution in [1.82, 2.24) is 9.62 Å². The van der Waals surface area contributed by atoms with Crippen LogP contribution in [0.4, 0.5) is 4.39 Å². The van der Waals surface area contributed by atoms with Crippen LogP contribution in [0.3, 0.4) is 0 Å². The van der Waals surface area contributed by atoms with Gasteiger partial charge in [0.1, 0.15) is 22.2 Å². The summed E-state index contributed by atoms with van der Waals surface area (Å²) < 4.78 is 69.4. The number of benzene rings is 1. The molecule has 2 aromatic rings. The lowest BCUT2D eigenvalue weighted by atomic mass is 10.2. The number of sulfone groups is 1. The normalized spacial score (nSPS) is 15.4. The number of nitrogens with one attached hydrogen (secondary N) is 1. The van der Waals surface area contributed by atoms with E-state index in [9.17, 15) is 26.0 Å². The van der Waals surface area contributed by atoms with E-state index in [-0.39, 0.29) is 37.7 Å². The van der Waals surface area contributed by atoms with Crippen molar-refractivity contribution >= 4 is 25.8 Å². The van der Waals surface area contributed by atoms with Gasteiger partial charge in [0.15, 0.2) is 9.84 Å². The first kappa shape index (κ1) is 20.5. The molecule has 1 aromatic carbocycles. The van der Waals surface area contributed by atoms with Crippen molar-refractivity contribution in [2.45, 2.75) is 22.3 Å². The van der Waals surface area contributed by atoms with Crippen LogP contribution in [0, 0.1) is 5.82 Å². The molecule has 1 saturated heterocycles. The van der Waals surface area contributed by atoms with E-state index in [1.807, 2.05) is 0 Å². The predicted molar refractivity (Wildman–Crippen MR) is 97.9 cm³/mol.